The maximum absolute atomic E-state index is 11.9. The molecule has 0 saturated heterocycles. The first-order valence-electron chi connectivity index (χ1n) is 6.66. The van der Waals surface area contributed by atoms with E-state index in [1.165, 1.54) is 10.6 Å². The zero-order chi connectivity index (χ0) is 15.4. The second kappa shape index (κ2) is 6.21. The third-order valence-electron chi connectivity index (χ3n) is 3.06. The monoisotopic (exact) mass is 286 g/mol. The molecule has 6 heteroatoms. The molecule has 2 rings (SSSR count). The number of amides is 1. The third-order valence-corrected chi connectivity index (χ3v) is 3.06. The Morgan fingerprint density at radius 2 is 2.10 bits per heavy atom. The SMILES string of the molecule is Cc1cc(=O)n(CCC(=O)Nc2cccc(N)c2)c(C)n1. The van der Waals surface area contributed by atoms with Crippen LogP contribution in [0.3, 0.4) is 0 Å². The van der Waals surface area contributed by atoms with Crippen LogP contribution in [-0.4, -0.2) is 15.5 Å². The lowest BCUT2D eigenvalue weighted by atomic mass is 10.2. The number of nitrogens with two attached hydrogens (primary N) is 1. The molecule has 2 aromatic rings. The minimum Gasteiger partial charge on any atom is -0.399 e. The number of carbonyl (C=O) groups is 1. The molecule has 0 aliphatic heterocycles. The van der Waals surface area contributed by atoms with E-state index in [1.807, 2.05) is 0 Å². The summed E-state index contributed by atoms with van der Waals surface area (Å²) in [6, 6.07) is 8.42. The Morgan fingerprint density at radius 1 is 1.33 bits per heavy atom. The van der Waals surface area contributed by atoms with Gasteiger partial charge in [-0.25, -0.2) is 4.98 Å². The van der Waals surface area contributed by atoms with Crippen molar-refractivity contribution in [2.24, 2.45) is 0 Å². The van der Waals surface area contributed by atoms with Gasteiger partial charge in [0.1, 0.15) is 5.82 Å². The lowest BCUT2D eigenvalue weighted by Gasteiger charge is -2.10. The van der Waals surface area contributed by atoms with Crippen LogP contribution in [0, 0.1) is 13.8 Å². The maximum Gasteiger partial charge on any atom is 0.253 e. The molecule has 0 unspecified atom stereocenters. The summed E-state index contributed by atoms with van der Waals surface area (Å²) in [6.45, 7) is 3.82. The zero-order valence-corrected chi connectivity index (χ0v) is 12.1. The van der Waals surface area contributed by atoms with E-state index in [9.17, 15) is 9.59 Å². The number of aryl methyl sites for hydroxylation is 2. The van der Waals surface area contributed by atoms with Gasteiger partial charge in [-0.1, -0.05) is 6.07 Å². The van der Waals surface area contributed by atoms with Crippen molar-refractivity contribution in [1.29, 1.82) is 0 Å². The first-order chi connectivity index (χ1) is 9.95. The number of aromatic nitrogens is 2. The molecule has 110 valence electrons. The van der Waals surface area contributed by atoms with Gasteiger partial charge in [0, 0.05) is 36.1 Å². The van der Waals surface area contributed by atoms with E-state index < -0.39 is 0 Å². The van der Waals surface area contributed by atoms with Crippen LogP contribution in [0.4, 0.5) is 11.4 Å². The van der Waals surface area contributed by atoms with Gasteiger partial charge < -0.3 is 11.1 Å². The number of hydrogen-bond acceptors (Lipinski definition) is 4. The summed E-state index contributed by atoms with van der Waals surface area (Å²) < 4.78 is 1.49. The predicted molar refractivity (Wildman–Crippen MR) is 82.1 cm³/mol. The van der Waals surface area contributed by atoms with Crippen molar-refractivity contribution < 1.29 is 4.79 Å². The molecular formula is C15H18N4O2. The van der Waals surface area contributed by atoms with Crippen LogP contribution in [0.2, 0.25) is 0 Å². The molecule has 21 heavy (non-hydrogen) atoms. The van der Waals surface area contributed by atoms with Crippen molar-refractivity contribution in [3.05, 3.63) is 52.2 Å². The normalized spacial score (nSPS) is 10.4. The van der Waals surface area contributed by atoms with Gasteiger partial charge in [-0.05, 0) is 32.0 Å². The second-order valence-electron chi connectivity index (χ2n) is 4.86. The Labute approximate surface area is 122 Å². The van der Waals surface area contributed by atoms with Crippen molar-refractivity contribution in [1.82, 2.24) is 9.55 Å². The van der Waals surface area contributed by atoms with Gasteiger partial charge in [-0.15, -0.1) is 0 Å². The first-order valence-corrected chi connectivity index (χ1v) is 6.66. The molecule has 0 spiro atoms. The molecule has 1 aromatic carbocycles. The largest absolute Gasteiger partial charge is 0.399 e. The molecule has 0 radical (unpaired) electrons. The lowest BCUT2D eigenvalue weighted by Crippen LogP contribution is -2.26. The van der Waals surface area contributed by atoms with Crippen LogP contribution in [-0.2, 0) is 11.3 Å². The molecule has 1 amide bonds. The Kier molecular flexibility index (Phi) is 4.37. The summed E-state index contributed by atoms with van der Waals surface area (Å²) in [5.74, 6) is 0.434. The third kappa shape index (κ3) is 3.92. The Bertz CT molecular complexity index is 722. The smallest absolute Gasteiger partial charge is 0.253 e. The van der Waals surface area contributed by atoms with Gasteiger partial charge in [0.15, 0.2) is 0 Å². The fourth-order valence-electron chi connectivity index (χ4n) is 2.09. The van der Waals surface area contributed by atoms with Gasteiger partial charge in [0.2, 0.25) is 5.91 Å². The Morgan fingerprint density at radius 3 is 2.76 bits per heavy atom. The van der Waals surface area contributed by atoms with E-state index in [1.54, 1.807) is 38.1 Å². The van der Waals surface area contributed by atoms with Crippen molar-refractivity contribution in [2.45, 2.75) is 26.8 Å². The standard InChI is InChI=1S/C15H18N4O2/c1-10-8-15(21)19(11(2)17-10)7-6-14(20)18-13-5-3-4-12(16)9-13/h3-5,8-9H,6-7,16H2,1-2H3,(H,18,20). The predicted octanol–water partition coefficient (Wildman–Crippen LogP) is 1.47. The van der Waals surface area contributed by atoms with Gasteiger partial charge >= 0.3 is 0 Å². The molecule has 0 atom stereocenters. The quantitative estimate of drug-likeness (QED) is 0.833. The Hall–Kier alpha value is -2.63. The molecular weight excluding hydrogens is 268 g/mol. The van der Waals surface area contributed by atoms with Crippen LogP contribution in [0.25, 0.3) is 0 Å². The molecule has 3 N–H and O–H groups in total. The molecule has 6 nitrogen and oxygen atoms in total. The van der Waals surface area contributed by atoms with Crippen LogP contribution in [0.15, 0.2) is 35.1 Å². The van der Waals surface area contributed by atoms with Gasteiger partial charge in [0.05, 0.1) is 0 Å². The highest BCUT2D eigenvalue weighted by molar-refractivity contribution is 5.91. The van der Waals surface area contributed by atoms with Crippen LogP contribution in [0.1, 0.15) is 17.9 Å². The molecule has 1 aromatic heterocycles. The molecule has 1 heterocycles. The van der Waals surface area contributed by atoms with E-state index in [-0.39, 0.29) is 17.9 Å². The topological polar surface area (TPSA) is 90.0 Å². The molecule has 0 bridgehead atoms. The molecule has 0 aliphatic rings. The summed E-state index contributed by atoms with van der Waals surface area (Å²) >= 11 is 0. The summed E-state index contributed by atoms with van der Waals surface area (Å²) in [5.41, 5.74) is 7.42. The van der Waals surface area contributed by atoms with Gasteiger partial charge in [-0.2, -0.15) is 0 Å². The molecule has 0 fully saturated rings. The minimum atomic E-state index is -0.174. The average Bonchev–Trinajstić information content (AvgIpc) is 2.37. The molecule has 0 aliphatic carbocycles. The number of hydrogen-bond donors (Lipinski definition) is 2. The number of carbonyl (C=O) groups excluding carboxylic acids is 1. The number of nitrogens with zero attached hydrogens (tertiary/aromatic N) is 2. The number of nitrogen functional groups attached to an aromatic ring is 1. The lowest BCUT2D eigenvalue weighted by molar-refractivity contribution is -0.116. The highest BCUT2D eigenvalue weighted by atomic mass is 16.1. The van der Waals surface area contributed by atoms with Crippen LogP contribution in [0.5, 0.6) is 0 Å². The van der Waals surface area contributed by atoms with Crippen LogP contribution >= 0.6 is 0 Å². The average molecular weight is 286 g/mol. The van der Waals surface area contributed by atoms with Crippen molar-refractivity contribution in [3.8, 4) is 0 Å². The van der Waals surface area contributed by atoms with E-state index in [2.05, 4.69) is 10.3 Å². The zero-order valence-electron chi connectivity index (χ0n) is 12.1. The minimum absolute atomic E-state index is 0.142. The second-order valence-corrected chi connectivity index (χ2v) is 4.86. The van der Waals surface area contributed by atoms with Crippen molar-refractivity contribution in [2.75, 3.05) is 11.1 Å². The fraction of sp³-hybridized carbons (Fsp3) is 0.267. The highest BCUT2D eigenvalue weighted by Gasteiger charge is 2.07. The van der Waals surface area contributed by atoms with Crippen LogP contribution < -0.4 is 16.6 Å². The Balaban J connectivity index is 2.00. The molecule has 0 saturated carbocycles. The number of rotatable bonds is 4. The number of anilines is 2. The summed E-state index contributed by atoms with van der Waals surface area (Å²) in [5, 5.41) is 2.75. The maximum atomic E-state index is 11.9. The van der Waals surface area contributed by atoms with Gasteiger partial charge in [-0.3, -0.25) is 14.2 Å². The fourth-order valence-corrected chi connectivity index (χ4v) is 2.09. The van der Waals surface area contributed by atoms with E-state index >= 15 is 0 Å². The van der Waals surface area contributed by atoms with E-state index in [4.69, 9.17) is 5.73 Å². The summed E-state index contributed by atoms with van der Waals surface area (Å²) in [6.07, 6.45) is 0.195. The van der Waals surface area contributed by atoms with E-state index in [0.717, 1.165) is 0 Å². The summed E-state index contributed by atoms with van der Waals surface area (Å²) in [4.78, 5) is 28.0. The van der Waals surface area contributed by atoms with Crippen molar-refractivity contribution >= 4 is 17.3 Å². The number of benzene rings is 1. The first kappa shape index (κ1) is 14.8. The highest BCUT2D eigenvalue weighted by Crippen LogP contribution is 2.12. The number of nitrogens with one attached hydrogen (secondary N) is 1. The van der Waals surface area contributed by atoms with Crippen molar-refractivity contribution in [3.63, 3.8) is 0 Å². The summed E-state index contributed by atoms with van der Waals surface area (Å²) in [7, 11) is 0. The van der Waals surface area contributed by atoms with Gasteiger partial charge in [0.25, 0.3) is 5.56 Å². The van der Waals surface area contributed by atoms with E-state index in [0.29, 0.717) is 29.4 Å².